The number of carbonyl (C=O) groups is 2. The number of nitrogens with zero attached hydrogens (tertiary/aromatic N) is 3. The number of aliphatic hydroxyl groups is 1. The van der Waals surface area contributed by atoms with Crippen LogP contribution >= 0.6 is 11.6 Å². The second-order valence-corrected chi connectivity index (χ2v) is 10.2. The van der Waals surface area contributed by atoms with Crippen molar-refractivity contribution in [2.75, 3.05) is 19.6 Å². The highest BCUT2D eigenvalue weighted by molar-refractivity contribution is 6.31. The van der Waals surface area contributed by atoms with Gasteiger partial charge in [-0.25, -0.2) is 9.37 Å². The van der Waals surface area contributed by atoms with Crippen molar-refractivity contribution in [2.24, 2.45) is 0 Å². The van der Waals surface area contributed by atoms with Gasteiger partial charge in [0.2, 0.25) is 0 Å². The van der Waals surface area contributed by atoms with Crippen molar-refractivity contribution >= 4 is 34.4 Å². The van der Waals surface area contributed by atoms with E-state index in [2.05, 4.69) is 10.3 Å². The van der Waals surface area contributed by atoms with Crippen LogP contribution in [0.25, 0.3) is 16.7 Å². The van der Waals surface area contributed by atoms with Gasteiger partial charge in [-0.15, -0.1) is 0 Å². The lowest BCUT2D eigenvalue weighted by molar-refractivity contribution is 0.0503. The molecule has 1 saturated heterocycles. The van der Waals surface area contributed by atoms with E-state index in [0.29, 0.717) is 53.4 Å². The molecule has 0 radical (unpaired) electrons. The molecule has 180 valence electrons. The van der Waals surface area contributed by atoms with Crippen LogP contribution in [-0.2, 0) is 0 Å². The molecule has 0 saturated carbocycles. The van der Waals surface area contributed by atoms with E-state index in [1.54, 1.807) is 60.7 Å². The Hall–Kier alpha value is -2.97. The van der Waals surface area contributed by atoms with E-state index in [-0.39, 0.29) is 18.4 Å². The number of piperidine rings is 1. The predicted molar refractivity (Wildman–Crippen MR) is 129 cm³/mol. The highest BCUT2D eigenvalue weighted by Crippen LogP contribution is 2.28. The molecule has 0 spiro atoms. The molecule has 1 aromatic carbocycles. The van der Waals surface area contributed by atoms with Gasteiger partial charge < -0.3 is 19.9 Å². The normalized spacial score (nSPS) is 16.0. The molecule has 3 aromatic rings. The van der Waals surface area contributed by atoms with Crippen LogP contribution in [-0.4, -0.2) is 62.3 Å². The maximum atomic E-state index is 14.1. The third-order valence-corrected chi connectivity index (χ3v) is 6.19. The Labute approximate surface area is 202 Å². The Morgan fingerprint density at radius 1 is 1.21 bits per heavy atom. The predicted octanol–water partition coefficient (Wildman–Crippen LogP) is 4.14. The summed E-state index contributed by atoms with van der Waals surface area (Å²) in [5.41, 5.74) is -0.211. The Bertz CT molecular complexity index is 1240. The van der Waals surface area contributed by atoms with Crippen molar-refractivity contribution in [3.8, 4) is 5.69 Å². The van der Waals surface area contributed by atoms with E-state index in [0.717, 1.165) is 5.39 Å². The summed E-state index contributed by atoms with van der Waals surface area (Å²) in [7, 11) is 0. The SMILES string of the molecule is CC(C)(O)CNC(=O)c1cc(Cl)cc(-n2ccc3cc(C(=O)N4CCC(C)(F)CC4)cnc32)c1. The maximum Gasteiger partial charge on any atom is 0.255 e. The minimum atomic E-state index is -1.22. The van der Waals surface area contributed by atoms with E-state index >= 15 is 0 Å². The number of alkyl halides is 1. The van der Waals surface area contributed by atoms with Gasteiger partial charge in [0.1, 0.15) is 11.3 Å². The van der Waals surface area contributed by atoms with Crippen LogP contribution in [0, 0.1) is 0 Å². The summed E-state index contributed by atoms with van der Waals surface area (Å²) >= 11 is 6.29. The second-order valence-electron chi connectivity index (χ2n) is 9.72. The average molecular weight is 487 g/mol. The molecular weight excluding hydrogens is 459 g/mol. The first-order valence-electron chi connectivity index (χ1n) is 11.2. The van der Waals surface area contributed by atoms with Gasteiger partial charge in [0.15, 0.2) is 0 Å². The molecule has 4 rings (SSSR count). The molecule has 34 heavy (non-hydrogen) atoms. The van der Waals surface area contributed by atoms with Crippen molar-refractivity contribution in [1.82, 2.24) is 19.8 Å². The molecule has 9 heteroatoms. The molecule has 1 fully saturated rings. The van der Waals surface area contributed by atoms with Crippen molar-refractivity contribution in [2.45, 2.75) is 44.9 Å². The number of nitrogens with one attached hydrogen (secondary N) is 1. The topological polar surface area (TPSA) is 87.5 Å². The van der Waals surface area contributed by atoms with Gasteiger partial charge in [0.05, 0.1) is 11.2 Å². The minimum absolute atomic E-state index is 0.0973. The van der Waals surface area contributed by atoms with E-state index < -0.39 is 11.3 Å². The molecule has 0 bridgehead atoms. The molecule has 2 amide bonds. The first-order chi connectivity index (χ1) is 15.9. The number of fused-ring (bicyclic) bond motifs is 1. The van der Waals surface area contributed by atoms with Crippen LogP contribution < -0.4 is 5.32 Å². The van der Waals surface area contributed by atoms with Gasteiger partial charge in [-0.1, -0.05) is 11.6 Å². The molecule has 0 aliphatic carbocycles. The van der Waals surface area contributed by atoms with Crippen LogP contribution in [0.2, 0.25) is 5.02 Å². The van der Waals surface area contributed by atoms with E-state index in [1.165, 1.54) is 6.20 Å². The fourth-order valence-electron chi connectivity index (χ4n) is 3.95. The number of likely N-dealkylation sites (tertiary alicyclic amines) is 1. The Balaban J connectivity index is 1.58. The lowest BCUT2D eigenvalue weighted by atomic mass is 9.95. The summed E-state index contributed by atoms with van der Waals surface area (Å²) in [6, 6.07) is 8.57. The maximum absolute atomic E-state index is 14.1. The molecule has 0 unspecified atom stereocenters. The zero-order valence-corrected chi connectivity index (χ0v) is 20.2. The Morgan fingerprint density at radius 2 is 1.91 bits per heavy atom. The number of halogens is 2. The quantitative estimate of drug-likeness (QED) is 0.567. The monoisotopic (exact) mass is 486 g/mol. The van der Waals surface area contributed by atoms with Crippen molar-refractivity contribution in [3.05, 3.63) is 58.9 Å². The van der Waals surface area contributed by atoms with E-state index in [4.69, 9.17) is 11.6 Å². The van der Waals surface area contributed by atoms with Crippen molar-refractivity contribution in [3.63, 3.8) is 0 Å². The van der Waals surface area contributed by atoms with Crippen LogP contribution in [0.3, 0.4) is 0 Å². The van der Waals surface area contributed by atoms with E-state index in [1.807, 2.05) is 6.07 Å². The van der Waals surface area contributed by atoms with Crippen LogP contribution in [0.1, 0.15) is 54.3 Å². The number of aromatic nitrogens is 2. The van der Waals surface area contributed by atoms with Crippen molar-refractivity contribution in [1.29, 1.82) is 0 Å². The zero-order chi connectivity index (χ0) is 24.7. The number of pyridine rings is 1. The zero-order valence-electron chi connectivity index (χ0n) is 19.4. The summed E-state index contributed by atoms with van der Waals surface area (Å²) in [5.74, 6) is -0.514. The highest BCUT2D eigenvalue weighted by atomic mass is 35.5. The molecule has 2 N–H and O–H groups in total. The van der Waals surface area contributed by atoms with Gasteiger partial charge in [-0.3, -0.25) is 9.59 Å². The summed E-state index contributed by atoms with van der Waals surface area (Å²) in [6.07, 6.45) is 3.97. The minimum Gasteiger partial charge on any atom is -0.389 e. The average Bonchev–Trinajstić information content (AvgIpc) is 3.19. The lowest BCUT2D eigenvalue weighted by Gasteiger charge is -2.34. The number of rotatable bonds is 5. The van der Waals surface area contributed by atoms with Crippen LogP contribution in [0.4, 0.5) is 4.39 Å². The fourth-order valence-corrected chi connectivity index (χ4v) is 4.18. The molecular formula is C25H28ClFN4O3. The first-order valence-corrected chi connectivity index (χ1v) is 11.6. The number of hydrogen-bond donors (Lipinski definition) is 2. The molecule has 7 nitrogen and oxygen atoms in total. The number of benzene rings is 1. The smallest absolute Gasteiger partial charge is 0.255 e. The molecule has 2 aromatic heterocycles. The largest absolute Gasteiger partial charge is 0.389 e. The molecule has 1 aliphatic rings. The number of carbonyl (C=O) groups excluding carboxylic acids is 2. The number of amides is 2. The Morgan fingerprint density at radius 3 is 2.59 bits per heavy atom. The summed E-state index contributed by atoms with van der Waals surface area (Å²) in [4.78, 5) is 31.6. The first kappa shape index (κ1) is 24.2. The summed E-state index contributed by atoms with van der Waals surface area (Å²) in [6.45, 7) is 5.65. The third kappa shape index (κ3) is 5.39. The van der Waals surface area contributed by atoms with Gasteiger partial charge in [0.25, 0.3) is 11.8 Å². The molecule has 3 heterocycles. The fraction of sp³-hybridized carbons (Fsp3) is 0.400. The Kier molecular flexibility index (Phi) is 6.40. The highest BCUT2D eigenvalue weighted by Gasteiger charge is 2.32. The molecule has 1 aliphatic heterocycles. The van der Waals surface area contributed by atoms with Crippen molar-refractivity contribution < 1.29 is 19.1 Å². The van der Waals surface area contributed by atoms with Gasteiger partial charge in [-0.05, 0) is 63.9 Å². The lowest BCUT2D eigenvalue weighted by Crippen LogP contribution is -2.43. The second kappa shape index (κ2) is 9.00. The summed E-state index contributed by atoms with van der Waals surface area (Å²) in [5, 5.41) is 13.7. The standard InChI is InChI=1S/C25H28ClFN4O3/c1-24(2,34)15-29-22(32)17-11-19(26)13-20(12-17)31-7-4-16-10-18(14-28-21(16)31)23(33)30-8-5-25(3,27)6-9-30/h4,7,10-14,34H,5-6,8-9,15H2,1-3H3,(H,29,32). The van der Waals surface area contributed by atoms with Crippen LogP contribution in [0.5, 0.6) is 0 Å². The number of hydrogen-bond acceptors (Lipinski definition) is 4. The van der Waals surface area contributed by atoms with Gasteiger partial charge in [-0.2, -0.15) is 0 Å². The van der Waals surface area contributed by atoms with Gasteiger partial charge in [0, 0.05) is 53.7 Å². The summed E-state index contributed by atoms with van der Waals surface area (Å²) < 4.78 is 15.9. The van der Waals surface area contributed by atoms with Gasteiger partial charge >= 0.3 is 0 Å². The third-order valence-electron chi connectivity index (χ3n) is 5.97. The van der Waals surface area contributed by atoms with Crippen LogP contribution in [0.15, 0.2) is 42.7 Å². The van der Waals surface area contributed by atoms with E-state index in [9.17, 15) is 19.1 Å². The molecule has 0 atom stereocenters.